The molecule has 0 rings (SSSR count). The van der Waals surface area contributed by atoms with Crippen molar-refractivity contribution in [3.05, 3.63) is 60.8 Å². The standard InChI is InChI=1S/C63H119N2O6P/c1-6-8-10-12-14-16-18-20-22-24-26-28-30-31-32-33-35-37-39-41-43-45-47-49-51-53-55-57-63(67)64-61(60-71-72(68,69)70-59-58-65(3,4)5)62(66)56-54-52-50-48-46-44-42-40-38-36-34-29-27-25-23-21-19-17-15-13-11-9-7-2/h8,10,14,16,20,22,26,28,31-32,61-62,66H,6-7,9,11-13,15,17-19,21,23-25,27,29-30,33-60H2,1-5H3,(H-,64,67,68,69)/p+1/b10-8-,16-14-,22-20-,28-26-,32-31-. The van der Waals surface area contributed by atoms with Gasteiger partial charge in [0, 0.05) is 6.42 Å². The lowest BCUT2D eigenvalue weighted by atomic mass is 10.0. The first-order valence-electron chi connectivity index (χ1n) is 30.7. The van der Waals surface area contributed by atoms with E-state index in [0.717, 1.165) is 70.6 Å². The van der Waals surface area contributed by atoms with Crippen molar-refractivity contribution in [3.8, 4) is 0 Å². The zero-order chi connectivity index (χ0) is 52.7. The molecule has 0 aromatic heterocycles. The molecule has 8 nitrogen and oxygen atoms in total. The fraction of sp³-hybridized carbons (Fsp3) is 0.825. The smallest absolute Gasteiger partial charge is 0.391 e. The van der Waals surface area contributed by atoms with Gasteiger partial charge in [-0.2, -0.15) is 0 Å². The van der Waals surface area contributed by atoms with Crippen LogP contribution in [0.15, 0.2) is 60.8 Å². The van der Waals surface area contributed by atoms with Crippen molar-refractivity contribution in [2.24, 2.45) is 0 Å². The van der Waals surface area contributed by atoms with Gasteiger partial charge in [-0.25, -0.2) is 4.57 Å². The summed E-state index contributed by atoms with van der Waals surface area (Å²) in [4.78, 5) is 23.4. The maximum absolute atomic E-state index is 13.0. The zero-order valence-electron chi connectivity index (χ0n) is 48.2. The van der Waals surface area contributed by atoms with Crippen LogP contribution in [0.1, 0.15) is 284 Å². The minimum Gasteiger partial charge on any atom is -0.391 e. The van der Waals surface area contributed by atoms with Crippen molar-refractivity contribution >= 4 is 13.7 Å². The monoisotopic (exact) mass is 1030 g/mol. The summed E-state index contributed by atoms with van der Waals surface area (Å²) >= 11 is 0. The number of allylic oxidation sites excluding steroid dienone is 10. The van der Waals surface area contributed by atoms with Crippen LogP contribution in [-0.4, -0.2) is 73.4 Å². The van der Waals surface area contributed by atoms with E-state index in [-0.39, 0.29) is 19.1 Å². The average molecular weight is 1030 g/mol. The molecule has 422 valence electrons. The molecule has 0 fully saturated rings. The zero-order valence-corrected chi connectivity index (χ0v) is 49.1. The molecule has 0 radical (unpaired) electrons. The van der Waals surface area contributed by atoms with Gasteiger partial charge in [0.15, 0.2) is 0 Å². The Kier molecular flexibility index (Phi) is 52.7. The number of hydrogen-bond acceptors (Lipinski definition) is 5. The highest BCUT2D eigenvalue weighted by Crippen LogP contribution is 2.43. The second-order valence-corrected chi connectivity index (χ2v) is 23.5. The normalized spacial score (nSPS) is 14.3. The fourth-order valence-corrected chi connectivity index (χ4v) is 9.75. The van der Waals surface area contributed by atoms with Gasteiger partial charge in [-0.15, -0.1) is 0 Å². The lowest BCUT2D eigenvalue weighted by Crippen LogP contribution is -2.46. The van der Waals surface area contributed by atoms with Crippen molar-refractivity contribution in [1.29, 1.82) is 0 Å². The number of unbranched alkanes of at least 4 members (excludes halogenated alkanes) is 33. The molecule has 0 aromatic rings. The number of phosphoric ester groups is 1. The van der Waals surface area contributed by atoms with Crippen molar-refractivity contribution in [1.82, 2.24) is 5.32 Å². The molecular weight excluding hydrogens is 912 g/mol. The highest BCUT2D eigenvalue weighted by molar-refractivity contribution is 7.47. The van der Waals surface area contributed by atoms with Crippen LogP contribution in [0.4, 0.5) is 0 Å². The number of hydrogen-bond donors (Lipinski definition) is 3. The number of phosphoric acid groups is 1. The number of amides is 1. The number of likely N-dealkylation sites (N-methyl/N-ethyl adjacent to an activating group) is 1. The van der Waals surface area contributed by atoms with Gasteiger partial charge in [0.05, 0.1) is 39.9 Å². The average Bonchev–Trinajstić information content (AvgIpc) is 3.34. The molecule has 3 N–H and O–H groups in total. The van der Waals surface area contributed by atoms with Gasteiger partial charge in [0.2, 0.25) is 5.91 Å². The maximum atomic E-state index is 13.0. The highest BCUT2D eigenvalue weighted by Gasteiger charge is 2.28. The molecule has 0 aliphatic rings. The Bertz CT molecular complexity index is 1360. The molecule has 72 heavy (non-hydrogen) atoms. The Labute approximate surface area is 447 Å². The molecule has 3 unspecified atom stereocenters. The Morgan fingerprint density at radius 1 is 0.486 bits per heavy atom. The molecule has 9 heteroatoms. The van der Waals surface area contributed by atoms with Crippen molar-refractivity contribution < 1.29 is 32.9 Å². The molecule has 0 aromatic carbocycles. The quantitative estimate of drug-likeness (QED) is 0.0243. The van der Waals surface area contributed by atoms with E-state index in [1.807, 2.05) is 21.1 Å². The van der Waals surface area contributed by atoms with E-state index in [2.05, 4.69) is 79.9 Å². The molecule has 1 amide bonds. The van der Waals surface area contributed by atoms with Crippen LogP contribution in [0, 0.1) is 0 Å². The van der Waals surface area contributed by atoms with Crippen molar-refractivity contribution in [2.45, 2.75) is 296 Å². The van der Waals surface area contributed by atoms with E-state index >= 15 is 0 Å². The van der Waals surface area contributed by atoms with Gasteiger partial charge in [0.25, 0.3) is 0 Å². The van der Waals surface area contributed by atoms with Crippen LogP contribution >= 0.6 is 7.82 Å². The molecule has 3 atom stereocenters. The minimum atomic E-state index is -4.33. The third kappa shape index (κ3) is 55.9. The van der Waals surface area contributed by atoms with E-state index in [9.17, 15) is 19.4 Å². The summed E-state index contributed by atoms with van der Waals surface area (Å²) in [5.74, 6) is -0.146. The lowest BCUT2D eigenvalue weighted by molar-refractivity contribution is -0.870. The van der Waals surface area contributed by atoms with Gasteiger partial charge in [0.1, 0.15) is 13.2 Å². The summed E-state index contributed by atoms with van der Waals surface area (Å²) in [6, 6.07) is -0.766. The van der Waals surface area contributed by atoms with Crippen LogP contribution in [0.5, 0.6) is 0 Å². The predicted octanol–water partition coefficient (Wildman–Crippen LogP) is 18.9. The SMILES string of the molecule is CC/C=C\C/C=C\C/C=C\C/C=C\C/C=C\CCCCCCCCCCCCCC(=O)NC(COP(=O)(O)OCC[N+](C)(C)C)C(O)CCCCCCCCCCCCCCCCCCCCCCCCC. The molecule has 0 saturated heterocycles. The summed E-state index contributed by atoms with van der Waals surface area (Å²) in [7, 11) is 1.62. The number of nitrogens with zero attached hydrogens (tertiary/aromatic N) is 1. The van der Waals surface area contributed by atoms with Crippen LogP contribution < -0.4 is 5.32 Å². The second kappa shape index (κ2) is 54.0. The Balaban J connectivity index is 4.14. The van der Waals surface area contributed by atoms with Gasteiger partial charge >= 0.3 is 7.82 Å². The summed E-state index contributed by atoms with van der Waals surface area (Å²) in [6.07, 6.45) is 72.8. The number of aliphatic hydroxyl groups is 1. The van der Waals surface area contributed by atoms with E-state index in [4.69, 9.17) is 9.05 Å². The highest BCUT2D eigenvalue weighted by atomic mass is 31.2. The molecule has 0 aliphatic carbocycles. The summed E-state index contributed by atoms with van der Waals surface area (Å²) in [6.45, 7) is 4.80. The number of rotatable bonds is 56. The van der Waals surface area contributed by atoms with Crippen LogP contribution in [0.25, 0.3) is 0 Å². The topological polar surface area (TPSA) is 105 Å². The summed E-state index contributed by atoms with van der Waals surface area (Å²) in [5.41, 5.74) is 0. The molecule has 0 bridgehead atoms. The Morgan fingerprint density at radius 2 is 0.833 bits per heavy atom. The summed E-state index contributed by atoms with van der Waals surface area (Å²) in [5, 5.41) is 14.1. The largest absolute Gasteiger partial charge is 0.472 e. The van der Waals surface area contributed by atoms with Gasteiger partial charge in [-0.05, 0) is 57.8 Å². The number of carbonyl (C=O) groups excluding carboxylic acids is 1. The van der Waals surface area contributed by atoms with E-state index in [1.54, 1.807) is 0 Å². The molecule has 0 aliphatic heterocycles. The number of carbonyl (C=O) groups is 1. The predicted molar refractivity (Wildman–Crippen MR) is 314 cm³/mol. The van der Waals surface area contributed by atoms with Crippen molar-refractivity contribution in [2.75, 3.05) is 40.9 Å². The van der Waals surface area contributed by atoms with E-state index in [0.29, 0.717) is 23.9 Å². The summed E-state index contributed by atoms with van der Waals surface area (Å²) < 4.78 is 23.8. The van der Waals surface area contributed by atoms with Crippen LogP contribution in [0.2, 0.25) is 0 Å². The van der Waals surface area contributed by atoms with Gasteiger partial charge in [-0.1, -0.05) is 280 Å². The van der Waals surface area contributed by atoms with E-state index < -0.39 is 20.0 Å². The fourth-order valence-electron chi connectivity index (χ4n) is 9.02. The Morgan fingerprint density at radius 3 is 1.22 bits per heavy atom. The molecule has 0 saturated carbocycles. The van der Waals surface area contributed by atoms with Crippen molar-refractivity contribution in [3.63, 3.8) is 0 Å². The number of nitrogens with one attached hydrogen (secondary N) is 1. The van der Waals surface area contributed by atoms with Gasteiger partial charge in [-0.3, -0.25) is 13.8 Å². The minimum absolute atomic E-state index is 0.0728. The van der Waals surface area contributed by atoms with Crippen LogP contribution in [-0.2, 0) is 18.4 Å². The first-order valence-corrected chi connectivity index (χ1v) is 32.1. The second-order valence-electron chi connectivity index (χ2n) is 22.1. The molecular formula is C63H120N2O6P+. The first kappa shape index (κ1) is 70.2. The number of quaternary nitrogens is 1. The lowest BCUT2D eigenvalue weighted by Gasteiger charge is -2.26. The molecule has 0 spiro atoms. The number of aliphatic hydroxyl groups excluding tert-OH is 1. The first-order chi connectivity index (χ1) is 35.0. The third-order valence-corrected chi connectivity index (χ3v) is 14.8. The van der Waals surface area contributed by atoms with E-state index in [1.165, 1.54) is 186 Å². The molecule has 0 heterocycles. The third-order valence-electron chi connectivity index (χ3n) is 13.8. The Hall–Kier alpha value is -1.80. The van der Waals surface area contributed by atoms with Crippen LogP contribution in [0.3, 0.4) is 0 Å². The maximum Gasteiger partial charge on any atom is 0.472 e. The van der Waals surface area contributed by atoms with Gasteiger partial charge < -0.3 is 19.8 Å².